The van der Waals surface area contributed by atoms with Crippen molar-refractivity contribution in [2.75, 3.05) is 5.32 Å². The van der Waals surface area contributed by atoms with Gasteiger partial charge in [-0.2, -0.15) is 9.78 Å². The molecular weight excluding hydrogens is 456 g/mol. The number of H-pyrrole nitrogens is 1. The number of nitro groups is 1. The molecule has 4 rings (SSSR count). The zero-order valence-corrected chi connectivity index (χ0v) is 18.1. The minimum atomic E-state index is -0.664. The number of halogens is 1. The van der Waals surface area contributed by atoms with E-state index in [1.165, 1.54) is 34.2 Å². The molecule has 2 N–H and O–H groups in total. The highest BCUT2D eigenvalue weighted by Crippen LogP contribution is 2.29. The van der Waals surface area contributed by atoms with E-state index < -0.39 is 10.8 Å². The molecule has 0 unspecified atom stereocenters. The molecular formula is C20H15ClN6O4S. The van der Waals surface area contributed by atoms with E-state index in [0.717, 1.165) is 10.9 Å². The normalized spacial score (nSPS) is 10.8. The van der Waals surface area contributed by atoms with E-state index in [-0.39, 0.29) is 33.6 Å². The van der Waals surface area contributed by atoms with Crippen molar-refractivity contribution in [1.29, 1.82) is 0 Å². The van der Waals surface area contributed by atoms with E-state index in [9.17, 15) is 19.7 Å². The van der Waals surface area contributed by atoms with E-state index >= 15 is 0 Å². The third kappa shape index (κ3) is 4.29. The number of nitrogens with one attached hydrogen (secondary N) is 2. The highest BCUT2D eigenvalue weighted by Gasteiger charge is 2.20. The lowest BCUT2D eigenvalue weighted by Gasteiger charge is -2.09. The number of rotatable bonds is 6. The zero-order valence-electron chi connectivity index (χ0n) is 16.5. The molecule has 1 aromatic carbocycles. The quantitative estimate of drug-likeness (QED) is 0.322. The molecule has 0 aliphatic carbocycles. The number of aromatic amines is 1. The van der Waals surface area contributed by atoms with E-state index in [0.29, 0.717) is 17.8 Å². The summed E-state index contributed by atoms with van der Waals surface area (Å²) in [6.07, 6.45) is 0.534. The van der Waals surface area contributed by atoms with Gasteiger partial charge in [0.15, 0.2) is 0 Å². The third-order valence-electron chi connectivity index (χ3n) is 4.47. The van der Waals surface area contributed by atoms with Crippen LogP contribution in [0.1, 0.15) is 23.0 Å². The average Bonchev–Trinajstić information content (AvgIpc) is 3.43. The summed E-state index contributed by atoms with van der Waals surface area (Å²) in [7, 11) is 0. The van der Waals surface area contributed by atoms with Crippen LogP contribution >= 0.6 is 22.9 Å². The highest BCUT2D eigenvalue weighted by molar-refractivity contribution is 7.13. The second kappa shape index (κ2) is 8.73. The van der Waals surface area contributed by atoms with Gasteiger partial charge < -0.3 is 5.32 Å². The molecule has 3 aromatic heterocycles. The second-order valence-electron chi connectivity index (χ2n) is 6.60. The Morgan fingerprint density at radius 3 is 2.81 bits per heavy atom. The summed E-state index contributed by atoms with van der Waals surface area (Å²) < 4.78 is 1.32. The van der Waals surface area contributed by atoms with Crippen molar-refractivity contribution < 1.29 is 9.72 Å². The maximum Gasteiger partial charge on any atom is 0.288 e. The van der Waals surface area contributed by atoms with Gasteiger partial charge in [-0.15, -0.1) is 11.3 Å². The summed E-state index contributed by atoms with van der Waals surface area (Å²) in [5, 5.41) is 20.2. The van der Waals surface area contributed by atoms with Gasteiger partial charge in [0.2, 0.25) is 5.95 Å². The van der Waals surface area contributed by atoms with Gasteiger partial charge in [-0.05, 0) is 30.0 Å². The monoisotopic (exact) mass is 470 g/mol. The summed E-state index contributed by atoms with van der Waals surface area (Å²) in [6, 6.07) is 10.5. The van der Waals surface area contributed by atoms with Crippen molar-refractivity contribution in [2.45, 2.75) is 13.3 Å². The van der Waals surface area contributed by atoms with E-state index in [4.69, 9.17) is 11.6 Å². The molecule has 0 radical (unpaired) electrons. The van der Waals surface area contributed by atoms with Gasteiger partial charge in [-0.1, -0.05) is 24.6 Å². The molecule has 0 bridgehead atoms. The van der Waals surface area contributed by atoms with Crippen LogP contribution < -0.4 is 10.9 Å². The summed E-state index contributed by atoms with van der Waals surface area (Å²) in [4.78, 5) is 43.3. The van der Waals surface area contributed by atoms with Gasteiger partial charge in [0.1, 0.15) is 16.5 Å². The van der Waals surface area contributed by atoms with Crippen LogP contribution in [0.2, 0.25) is 5.02 Å². The molecule has 0 fully saturated rings. The van der Waals surface area contributed by atoms with Gasteiger partial charge in [-0.25, -0.2) is 4.98 Å². The summed E-state index contributed by atoms with van der Waals surface area (Å²) in [5.41, 5.74) is 0.416. The fourth-order valence-corrected chi connectivity index (χ4v) is 3.80. The van der Waals surface area contributed by atoms with Crippen LogP contribution in [-0.2, 0) is 6.42 Å². The SMILES string of the molecule is CCc1cc(=O)[nH]c(-n2nc(-c3cccs3)cc2NC(=O)c2ccc(Cl)c([N+](=O)[O-])c2)n1. The smallest absolute Gasteiger partial charge is 0.288 e. The lowest BCUT2D eigenvalue weighted by atomic mass is 10.2. The number of thiophene rings is 1. The predicted molar refractivity (Wildman–Crippen MR) is 121 cm³/mol. The molecule has 12 heteroatoms. The van der Waals surface area contributed by atoms with Crippen LogP contribution in [-0.4, -0.2) is 30.6 Å². The Kier molecular flexibility index (Phi) is 5.84. The Labute approximate surface area is 189 Å². The number of hydrogen-bond donors (Lipinski definition) is 2. The number of carbonyl (C=O) groups is 1. The van der Waals surface area contributed by atoms with Crippen molar-refractivity contribution in [2.24, 2.45) is 0 Å². The largest absolute Gasteiger partial charge is 0.306 e. The molecule has 4 aromatic rings. The molecule has 10 nitrogen and oxygen atoms in total. The first-order valence-corrected chi connectivity index (χ1v) is 10.6. The molecule has 0 saturated heterocycles. The standard InChI is InChI=1S/C20H15ClN6O4S/c1-2-12-9-18(28)24-20(22-12)26-17(10-14(25-26)16-4-3-7-32-16)23-19(29)11-5-6-13(21)15(8-11)27(30)31/h3-10H,2H2,1H3,(H,23,29)(H,22,24,28). The first kappa shape index (κ1) is 21.4. The van der Waals surface area contributed by atoms with Gasteiger partial charge in [0, 0.05) is 29.5 Å². The van der Waals surface area contributed by atoms with E-state index in [2.05, 4.69) is 20.4 Å². The molecule has 32 heavy (non-hydrogen) atoms. The van der Waals surface area contributed by atoms with Crippen LogP contribution in [0, 0.1) is 10.1 Å². The Balaban J connectivity index is 1.77. The Morgan fingerprint density at radius 2 is 2.12 bits per heavy atom. The van der Waals surface area contributed by atoms with Crippen LogP contribution in [0.3, 0.4) is 0 Å². The van der Waals surface area contributed by atoms with Crippen LogP contribution in [0.15, 0.2) is 52.6 Å². The molecule has 0 spiro atoms. The second-order valence-corrected chi connectivity index (χ2v) is 7.95. The number of nitro benzene ring substituents is 1. The summed E-state index contributed by atoms with van der Waals surface area (Å²) >= 11 is 7.29. The maximum absolute atomic E-state index is 12.9. The lowest BCUT2D eigenvalue weighted by Crippen LogP contribution is -2.19. The Morgan fingerprint density at radius 1 is 1.31 bits per heavy atom. The molecule has 0 aliphatic heterocycles. The number of anilines is 1. The Bertz CT molecular complexity index is 1380. The minimum Gasteiger partial charge on any atom is -0.306 e. The van der Waals surface area contributed by atoms with Gasteiger partial charge >= 0.3 is 0 Å². The summed E-state index contributed by atoms with van der Waals surface area (Å²) in [6.45, 7) is 1.86. The van der Waals surface area contributed by atoms with E-state index in [1.807, 2.05) is 24.4 Å². The maximum atomic E-state index is 12.9. The average molecular weight is 471 g/mol. The number of aromatic nitrogens is 4. The Hall–Kier alpha value is -3.83. The third-order valence-corrected chi connectivity index (χ3v) is 5.69. The number of benzene rings is 1. The van der Waals surface area contributed by atoms with Crippen LogP contribution in [0.25, 0.3) is 16.5 Å². The van der Waals surface area contributed by atoms with Crippen LogP contribution in [0.4, 0.5) is 11.5 Å². The van der Waals surface area contributed by atoms with Crippen molar-refractivity contribution in [3.8, 4) is 16.5 Å². The first-order chi connectivity index (χ1) is 15.4. The fourth-order valence-electron chi connectivity index (χ4n) is 2.93. The number of hydrogen-bond acceptors (Lipinski definition) is 7. The lowest BCUT2D eigenvalue weighted by molar-refractivity contribution is -0.384. The van der Waals surface area contributed by atoms with Crippen molar-refractivity contribution in [1.82, 2.24) is 19.7 Å². The molecule has 0 saturated carbocycles. The number of amides is 1. The topological polar surface area (TPSA) is 136 Å². The molecule has 162 valence electrons. The van der Waals surface area contributed by atoms with Crippen molar-refractivity contribution >= 4 is 40.4 Å². The van der Waals surface area contributed by atoms with Gasteiger partial charge in [0.05, 0.1) is 9.80 Å². The van der Waals surface area contributed by atoms with E-state index in [1.54, 1.807) is 6.07 Å². The van der Waals surface area contributed by atoms with Gasteiger partial charge in [0.25, 0.3) is 17.2 Å². The van der Waals surface area contributed by atoms with Gasteiger partial charge in [-0.3, -0.25) is 24.7 Å². The van der Waals surface area contributed by atoms with Crippen molar-refractivity contribution in [3.63, 3.8) is 0 Å². The molecule has 0 aliphatic rings. The summed E-state index contributed by atoms with van der Waals surface area (Å²) in [5.74, 6) is -0.250. The molecule has 3 heterocycles. The number of aryl methyl sites for hydroxylation is 1. The number of nitrogens with zero attached hydrogens (tertiary/aromatic N) is 4. The predicted octanol–water partition coefficient (Wildman–Crippen LogP) is 4.06. The molecule has 0 atom stereocenters. The fraction of sp³-hybridized carbons (Fsp3) is 0.100. The highest BCUT2D eigenvalue weighted by atomic mass is 35.5. The van der Waals surface area contributed by atoms with Crippen molar-refractivity contribution in [3.05, 3.63) is 84.6 Å². The molecule has 1 amide bonds. The minimum absolute atomic E-state index is 0.0373. The van der Waals surface area contributed by atoms with Crippen LogP contribution in [0.5, 0.6) is 0 Å². The zero-order chi connectivity index (χ0) is 22.8. The first-order valence-electron chi connectivity index (χ1n) is 9.35. The number of carbonyl (C=O) groups excluding carboxylic acids is 1.